The van der Waals surface area contributed by atoms with Crippen LogP contribution in [-0.2, 0) is 19.9 Å². The van der Waals surface area contributed by atoms with Crippen LogP contribution in [0.4, 0.5) is 4.79 Å². The van der Waals surface area contributed by atoms with E-state index in [-0.39, 0.29) is 6.03 Å². The standard InChI is InChI=1S/C17H25N5OS/c1-12-16(24-13(2)20-12)4-6-18-17(23)22-7-5-14(11-22)8-15-9-19-21(3)10-15/h9-10,14H,4-8,11H2,1-3H3,(H,18,23)/t14-/m1/s1. The quantitative estimate of drug-likeness (QED) is 0.903. The Morgan fingerprint density at radius 2 is 2.29 bits per heavy atom. The van der Waals surface area contributed by atoms with E-state index in [0.29, 0.717) is 12.5 Å². The topological polar surface area (TPSA) is 63.1 Å². The van der Waals surface area contributed by atoms with E-state index < -0.39 is 0 Å². The third-order valence-electron chi connectivity index (χ3n) is 4.48. The van der Waals surface area contributed by atoms with Gasteiger partial charge in [-0.1, -0.05) is 0 Å². The molecule has 2 aromatic heterocycles. The number of carbonyl (C=O) groups is 1. The van der Waals surface area contributed by atoms with Gasteiger partial charge < -0.3 is 10.2 Å². The first-order chi connectivity index (χ1) is 11.5. The van der Waals surface area contributed by atoms with E-state index >= 15 is 0 Å². The zero-order valence-electron chi connectivity index (χ0n) is 14.6. The molecular formula is C17H25N5OS. The molecule has 0 aromatic carbocycles. The Morgan fingerprint density at radius 3 is 2.96 bits per heavy atom. The predicted molar refractivity (Wildman–Crippen MR) is 95.3 cm³/mol. The van der Waals surface area contributed by atoms with Gasteiger partial charge >= 0.3 is 6.03 Å². The molecule has 0 saturated carbocycles. The van der Waals surface area contributed by atoms with Gasteiger partial charge in [0, 0.05) is 44.2 Å². The summed E-state index contributed by atoms with van der Waals surface area (Å²) in [6, 6.07) is 0.0579. The molecule has 3 rings (SSSR count). The minimum atomic E-state index is 0.0579. The predicted octanol–water partition coefficient (Wildman–Crippen LogP) is 2.31. The monoisotopic (exact) mass is 347 g/mol. The van der Waals surface area contributed by atoms with Gasteiger partial charge in [-0.05, 0) is 38.2 Å². The lowest BCUT2D eigenvalue weighted by atomic mass is 10.0. The summed E-state index contributed by atoms with van der Waals surface area (Å²) in [6.45, 7) is 6.40. The first kappa shape index (κ1) is 17.0. The number of thiazole rings is 1. The smallest absolute Gasteiger partial charge is 0.317 e. The maximum atomic E-state index is 12.3. The maximum absolute atomic E-state index is 12.3. The fourth-order valence-corrected chi connectivity index (χ4v) is 4.23. The molecule has 3 heterocycles. The number of aryl methyl sites for hydroxylation is 3. The van der Waals surface area contributed by atoms with Crippen LogP contribution in [0.5, 0.6) is 0 Å². The fourth-order valence-electron chi connectivity index (χ4n) is 3.29. The Hall–Kier alpha value is -1.89. The van der Waals surface area contributed by atoms with E-state index in [1.165, 1.54) is 10.4 Å². The van der Waals surface area contributed by atoms with E-state index in [1.54, 1.807) is 11.3 Å². The number of carbonyl (C=O) groups excluding carboxylic acids is 1. The molecular weight excluding hydrogens is 322 g/mol. The number of urea groups is 1. The first-order valence-corrected chi connectivity index (χ1v) is 9.26. The number of rotatable bonds is 5. The minimum absolute atomic E-state index is 0.0579. The summed E-state index contributed by atoms with van der Waals surface area (Å²) in [7, 11) is 1.93. The normalized spacial score (nSPS) is 17.5. The lowest BCUT2D eigenvalue weighted by Gasteiger charge is -2.17. The molecule has 1 fully saturated rings. The third kappa shape index (κ3) is 4.14. The van der Waals surface area contributed by atoms with Crippen molar-refractivity contribution in [1.29, 1.82) is 0 Å². The summed E-state index contributed by atoms with van der Waals surface area (Å²) in [5, 5.41) is 8.35. The number of nitrogens with zero attached hydrogens (tertiary/aromatic N) is 4. The van der Waals surface area contributed by atoms with Crippen LogP contribution >= 0.6 is 11.3 Å². The van der Waals surface area contributed by atoms with Gasteiger partial charge in [0.25, 0.3) is 0 Å². The van der Waals surface area contributed by atoms with Crippen molar-refractivity contribution < 1.29 is 4.79 Å². The van der Waals surface area contributed by atoms with Gasteiger partial charge in [0.1, 0.15) is 0 Å². The van der Waals surface area contributed by atoms with Crippen molar-refractivity contribution in [3.63, 3.8) is 0 Å². The SMILES string of the molecule is Cc1nc(C)c(CCNC(=O)N2CC[C@H](Cc3cnn(C)c3)C2)s1. The highest BCUT2D eigenvalue weighted by molar-refractivity contribution is 7.11. The molecule has 0 aliphatic carbocycles. The second-order valence-electron chi connectivity index (χ2n) is 6.55. The van der Waals surface area contributed by atoms with Crippen molar-refractivity contribution in [1.82, 2.24) is 25.0 Å². The van der Waals surface area contributed by atoms with Crippen molar-refractivity contribution in [2.75, 3.05) is 19.6 Å². The van der Waals surface area contributed by atoms with Crippen LogP contribution in [0.3, 0.4) is 0 Å². The molecule has 24 heavy (non-hydrogen) atoms. The minimum Gasteiger partial charge on any atom is -0.338 e. The zero-order valence-corrected chi connectivity index (χ0v) is 15.4. The largest absolute Gasteiger partial charge is 0.338 e. The van der Waals surface area contributed by atoms with Crippen LogP contribution in [-0.4, -0.2) is 45.3 Å². The molecule has 0 radical (unpaired) electrons. The summed E-state index contributed by atoms with van der Waals surface area (Å²) in [5.74, 6) is 0.534. The van der Waals surface area contributed by atoms with Gasteiger partial charge in [-0.25, -0.2) is 9.78 Å². The molecule has 2 amide bonds. The Kier molecular flexibility index (Phi) is 5.18. The highest BCUT2D eigenvalue weighted by atomic mass is 32.1. The van der Waals surface area contributed by atoms with Gasteiger partial charge in [-0.3, -0.25) is 4.68 Å². The van der Waals surface area contributed by atoms with Crippen molar-refractivity contribution >= 4 is 17.4 Å². The molecule has 1 N–H and O–H groups in total. The molecule has 1 saturated heterocycles. The number of likely N-dealkylation sites (tertiary alicyclic amines) is 1. The number of aromatic nitrogens is 3. The second kappa shape index (κ2) is 7.34. The van der Waals surface area contributed by atoms with Gasteiger partial charge in [0.05, 0.1) is 16.9 Å². The third-order valence-corrected chi connectivity index (χ3v) is 5.62. The highest BCUT2D eigenvalue weighted by Gasteiger charge is 2.26. The van der Waals surface area contributed by atoms with E-state index in [4.69, 9.17) is 0 Å². The number of hydrogen-bond acceptors (Lipinski definition) is 4. The molecule has 1 aliphatic heterocycles. The Labute approximate surface area is 146 Å². The molecule has 2 aromatic rings. The molecule has 130 valence electrons. The summed E-state index contributed by atoms with van der Waals surface area (Å²) >= 11 is 1.72. The second-order valence-corrected chi connectivity index (χ2v) is 7.84. The molecule has 6 nitrogen and oxygen atoms in total. The van der Waals surface area contributed by atoms with Crippen LogP contribution in [0, 0.1) is 19.8 Å². The van der Waals surface area contributed by atoms with E-state index in [1.807, 2.05) is 36.7 Å². The molecule has 0 bridgehead atoms. The van der Waals surface area contributed by atoms with Crippen molar-refractivity contribution in [3.05, 3.63) is 33.5 Å². The summed E-state index contributed by atoms with van der Waals surface area (Å²) in [5.41, 5.74) is 2.34. The lowest BCUT2D eigenvalue weighted by Crippen LogP contribution is -2.39. The Morgan fingerprint density at radius 1 is 1.46 bits per heavy atom. The average Bonchev–Trinajstić information content (AvgIpc) is 3.22. The van der Waals surface area contributed by atoms with Gasteiger partial charge in [-0.2, -0.15) is 5.10 Å². The van der Waals surface area contributed by atoms with E-state index in [0.717, 1.165) is 43.1 Å². The van der Waals surface area contributed by atoms with E-state index in [2.05, 4.69) is 21.6 Å². The van der Waals surface area contributed by atoms with Crippen molar-refractivity contribution in [3.8, 4) is 0 Å². The number of nitrogens with one attached hydrogen (secondary N) is 1. The van der Waals surface area contributed by atoms with Crippen molar-refractivity contribution in [2.24, 2.45) is 13.0 Å². The zero-order chi connectivity index (χ0) is 17.1. The Bertz CT molecular complexity index is 708. The summed E-state index contributed by atoms with van der Waals surface area (Å²) < 4.78 is 1.83. The summed E-state index contributed by atoms with van der Waals surface area (Å²) in [4.78, 5) is 19.9. The first-order valence-electron chi connectivity index (χ1n) is 8.44. The maximum Gasteiger partial charge on any atom is 0.317 e. The molecule has 0 spiro atoms. The van der Waals surface area contributed by atoms with Crippen molar-refractivity contribution in [2.45, 2.75) is 33.1 Å². The molecule has 1 aliphatic rings. The van der Waals surface area contributed by atoms with Crippen LogP contribution in [0.2, 0.25) is 0 Å². The molecule has 0 unspecified atom stereocenters. The van der Waals surface area contributed by atoms with Gasteiger partial charge in [0.15, 0.2) is 0 Å². The van der Waals surface area contributed by atoms with E-state index in [9.17, 15) is 4.79 Å². The fraction of sp³-hybridized carbons (Fsp3) is 0.588. The number of hydrogen-bond donors (Lipinski definition) is 1. The van der Waals surface area contributed by atoms with Gasteiger partial charge in [-0.15, -0.1) is 11.3 Å². The van der Waals surface area contributed by atoms with Crippen LogP contribution in [0.1, 0.15) is 27.6 Å². The highest BCUT2D eigenvalue weighted by Crippen LogP contribution is 2.21. The Balaban J connectivity index is 1.42. The van der Waals surface area contributed by atoms with Crippen LogP contribution < -0.4 is 5.32 Å². The molecule has 1 atom stereocenters. The van der Waals surface area contributed by atoms with Gasteiger partial charge in [0.2, 0.25) is 0 Å². The van der Waals surface area contributed by atoms with Crippen LogP contribution in [0.25, 0.3) is 0 Å². The molecule has 7 heteroatoms. The summed E-state index contributed by atoms with van der Waals surface area (Å²) in [6.07, 6.45) is 6.90. The number of amides is 2. The average molecular weight is 347 g/mol. The van der Waals surface area contributed by atoms with Crippen LogP contribution in [0.15, 0.2) is 12.4 Å². The lowest BCUT2D eigenvalue weighted by molar-refractivity contribution is 0.207.